The van der Waals surface area contributed by atoms with E-state index in [0.717, 1.165) is 4.88 Å². The second-order valence-corrected chi connectivity index (χ2v) is 5.13. The van der Waals surface area contributed by atoms with Crippen molar-refractivity contribution in [3.8, 4) is 0 Å². The molecule has 0 aromatic carbocycles. The zero-order valence-corrected chi connectivity index (χ0v) is 10.5. The Labute approximate surface area is 106 Å². The van der Waals surface area contributed by atoms with Crippen LogP contribution in [0.5, 0.6) is 0 Å². The number of halogens is 1. The summed E-state index contributed by atoms with van der Waals surface area (Å²) in [6.07, 6.45) is 0. The highest BCUT2D eigenvalue weighted by molar-refractivity contribution is 7.16. The predicted molar refractivity (Wildman–Crippen MR) is 66.0 cm³/mol. The van der Waals surface area contributed by atoms with Crippen molar-refractivity contribution >= 4 is 34.8 Å². The molecule has 8 heteroatoms. The van der Waals surface area contributed by atoms with Gasteiger partial charge in [-0.15, -0.1) is 16.4 Å². The van der Waals surface area contributed by atoms with Gasteiger partial charge in [-0.05, 0) is 19.1 Å². The van der Waals surface area contributed by atoms with E-state index in [2.05, 4.69) is 20.5 Å². The third-order valence-corrected chi connectivity index (χ3v) is 3.50. The molecule has 0 spiro atoms. The number of thiophene rings is 1. The molecule has 0 aliphatic carbocycles. The van der Waals surface area contributed by atoms with Crippen molar-refractivity contribution < 1.29 is 4.79 Å². The summed E-state index contributed by atoms with van der Waals surface area (Å²) in [7, 11) is 0. The minimum atomic E-state index is -0.355. The van der Waals surface area contributed by atoms with Gasteiger partial charge in [-0.2, -0.15) is 4.98 Å². The largest absolute Gasteiger partial charge is 0.366 e. The second-order valence-electron chi connectivity index (χ2n) is 3.38. The van der Waals surface area contributed by atoms with Crippen molar-refractivity contribution in [1.82, 2.24) is 20.5 Å². The fraction of sp³-hybridized carbons (Fsp3) is 0.222. The monoisotopic (exact) mass is 271 g/mol. The van der Waals surface area contributed by atoms with Crippen LogP contribution in [0.25, 0.3) is 0 Å². The number of hydrogen-bond acceptors (Lipinski definition) is 5. The molecule has 6 nitrogen and oxygen atoms in total. The first kappa shape index (κ1) is 11.9. The maximum atomic E-state index is 11.7. The lowest BCUT2D eigenvalue weighted by Crippen LogP contribution is -2.27. The van der Waals surface area contributed by atoms with Gasteiger partial charge in [0.2, 0.25) is 11.8 Å². The molecule has 2 aromatic heterocycles. The molecule has 1 unspecified atom stereocenters. The van der Waals surface area contributed by atoms with Crippen LogP contribution in [0.15, 0.2) is 12.1 Å². The molecular weight excluding hydrogens is 262 g/mol. The molecule has 1 atom stereocenters. The van der Waals surface area contributed by atoms with Crippen LogP contribution in [-0.2, 0) is 0 Å². The van der Waals surface area contributed by atoms with Gasteiger partial charge in [0, 0.05) is 4.88 Å². The van der Waals surface area contributed by atoms with Crippen molar-refractivity contribution in [2.45, 2.75) is 13.0 Å². The number of nitrogens with zero attached hydrogens (tertiary/aromatic N) is 2. The van der Waals surface area contributed by atoms with E-state index in [4.69, 9.17) is 17.3 Å². The number of carbonyl (C=O) groups excluding carboxylic acids is 1. The summed E-state index contributed by atoms with van der Waals surface area (Å²) in [6, 6.07) is 3.51. The third-order valence-electron chi connectivity index (χ3n) is 2.09. The number of hydrogen-bond donors (Lipinski definition) is 3. The van der Waals surface area contributed by atoms with Gasteiger partial charge in [0.1, 0.15) is 0 Å². The zero-order chi connectivity index (χ0) is 12.4. The Balaban J connectivity index is 2.04. The molecule has 0 saturated carbocycles. The van der Waals surface area contributed by atoms with Crippen molar-refractivity contribution in [2.75, 3.05) is 5.73 Å². The van der Waals surface area contributed by atoms with Gasteiger partial charge < -0.3 is 11.1 Å². The molecule has 2 aromatic rings. The Morgan fingerprint density at radius 1 is 1.65 bits per heavy atom. The Bertz CT molecular complexity index is 537. The lowest BCUT2D eigenvalue weighted by Gasteiger charge is -2.10. The van der Waals surface area contributed by atoms with Crippen molar-refractivity contribution in [3.05, 3.63) is 27.2 Å². The molecule has 0 aliphatic rings. The highest BCUT2D eigenvalue weighted by atomic mass is 35.5. The fourth-order valence-electron chi connectivity index (χ4n) is 1.27. The molecule has 4 N–H and O–H groups in total. The molecule has 90 valence electrons. The van der Waals surface area contributed by atoms with E-state index in [0.29, 0.717) is 4.34 Å². The lowest BCUT2D eigenvalue weighted by molar-refractivity contribution is 0.0930. The normalized spacial score (nSPS) is 12.4. The number of rotatable bonds is 3. The maximum Gasteiger partial charge on any atom is 0.289 e. The maximum absolute atomic E-state index is 11.7. The van der Waals surface area contributed by atoms with Crippen molar-refractivity contribution in [1.29, 1.82) is 0 Å². The highest BCUT2D eigenvalue weighted by Crippen LogP contribution is 2.26. The molecule has 2 heterocycles. The Kier molecular flexibility index (Phi) is 3.30. The minimum absolute atomic E-state index is 0.0435. The molecule has 17 heavy (non-hydrogen) atoms. The van der Waals surface area contributed by atoms with Crippen LogP contribution in [0.3, 0.4) is 0 Å². The predicted octanol–water partition coefficient (Wildman–Crippen LogP) is 1.59. The van der Waals surface area contributed by atoms with Gasteiger partial charge in [-0.3, -0.25) is 9.89 Å². The molecular formula is C9H10ClN5OS. The van der Waals surface area contributed by atoms with E-state index in [9.17, 15) is 4.79 Å². The highest BCUT2D eigenvalue weighted by Gasteiger charge is 2.15. The molecule has 0 saturated heterocycles. The van der Waals surface area contributed by atoms with Crippen LogP contribution in [-0.4, -0.2) is 21.1 Å². The van der Waals surface area contributed by atoms with E-state index in [1.165, 1.54) is 11.3 Å². The Hall–Kier alpha value is -1.60. The van der Waals surface area contributed by atoms with Crippen LogP contribution in [0.2, 0.25) is 4.34 Å². The number of carbonyl (C=O) groups is 1. The van der Waals surface area contributed by atoms with Crippen molar-refractivity contribution in [3.63, 3.8) is 0 Å². The van der Waals surface area contributed by atoms with Crippen molar-refractivity contribution in [2.24, 2.45) is 0 Å². The lowest BCUT2D eigenvalue weighted by atomic mass is 10.3. The van der Waals surface area contributed by atoms with Gasteiger partial charge >= 0.3 is 0 Å². The average molecular weight is 272 g/mol. The van der Waals surface area contributed by atoms with E-state index in [-0.39, 0.29) is 23.7 Å². The van der Waals surface area contributed by atoms with Crippen LogP contribution in [0.1, 0.15) is 28.5 Å². The Morgan fingerprint density at radius 3 is 2.94 bits per heavy atom. The summed E-state index contributed by atoms with van der Waals surface area (Å²) in [5, 5.41) is 8.79. The molecule has 0 aliphatic heterocycles. The summed E-state index contributed by atoms with van der Waals surface area (Å²) in [5.41, 5.74) is 5.31. The van der Waals surface area contributed by atoms with E-state index < -0.39 is 0 Å². The summed E-state index contributed by atoms with van der Waals surface area (Å²) in [4.78, 5) is 16.4. The number of amides is 1. The first-order valence-electron chi connectivity index (χ1n) is 4.80. The third kappa shape index (κ3) is 2.75. The Morgan fingerprint density at radius 2 is 2.41 bits per heavy atom. The van der Waals surface area contributed by atoms with E-state index >= 15 is 0 Å². The van der Waals surface area contributed by atoms with E-state index in [1.54, 1.807) is 6.07 Å². The van der Waals surface area contributed by atoms with Crippen LogP contribution < -0.4 is 11.1 Å². The molecule has 1 amide bonds. The topological polar surface area (TPSA) is 96.7 Å². The zero-order valence-electron chi connectivity index (χ0n) is 8.90. The number of aromatic nitrogens is 3. The molecule has 2 rings (SSSR count). The number of nitrogen functional groups attached to an aromatic ring is 1. The SMILES string of the molecule is CC(NC(=O)c1nc(N)n[nH]1)c1ccc(Cl)s1. The molecule has 0 radical (unpaired) electrons. The summed E-state index contributed by atoms with van der Waals surface area (Å²) >= 11 is 7.24. The fourth-order valence-corrected chi connectivity index (χ4v) is 2.34. The number of H-pyrrole nitrogens is 1. The number of aromatic amines is 1. The number of nitrogens with two attached hydrogens (primary N) is 1. The quantitative estimate of drug-likeness (QED) is 0.790. The van der Waals surface area contributed by atoms with Crippen LogP contribution in [0, 0.1) is 0 Å². The first-order valence-corrected chi connectivity index (χ1v) is 5.99. The average Bonchev–Trinajstić information content (AvgIpc) is 2.87. The number of nitrogens with one attached hydrogen (secondary N) is 2. The van der Waals surface area contributed by atoms with Gasteiger partial charge in [-0.1, -0.05) is 11.6 Å². The summed E-state index contributed by atoms with van der Waals surface area (Å²) in [5.74, 6) is -0.217. The first-order chi connectivity index (χ1) is 8.06. The molecule has 0 fully saturated rings. The van der Waals surface area contributed by atoms with E-state index in [1.807, 2.05) is 13.0 Å². The van der Waals surface area contributed by atoms with Gasteiger partial charge in [0.05, 0.1) is 10.4 Å². The van der Waals surface area contributed by atoms with Crippen LogP contribution in [0.4, 0.5) is 5.95 Å². The second kappa shape index (κ2) is 4.72. The summed E-state index contributed by atoms with van der Waals surface area (Å²) < 4.78 is 0.685. The molecule has 0 bridgehead atoms. The number of anilines is 1. The van der Waals surface area contributed by atoms with Gasteiger partial charge in [0.25, 0.3) is 5.91 Å². The smallest absolute Gasteiger partial charge is 0.289 e. The van der Waals surface area contributed by atoms with Gasteiger partial charge in [0.15, 0.2) is 0 Å². The van der Waals surface area contributed by atoms with Gasteiger partial charge in [-0.25, -0.2) is 0 Å². The standard InChI is InChI=1S/C9H10ClN5OS/c1-4(5-2-3-6(10)17-5)12-8(16)7-13-9(11)15-14-7/h2-4H,1H3,(H,12,16)(H3,11,13,14,15). The summed E-state index contributed by atoms with van der Waals surface area (Å²) in [6.45, 7) is 1.86. The minimum Gasteiger partial charge on any atom is -0.366 e. The van der Waals surface area contributed by atoms with Crippen LogP contribution >= 0.6 is 22.9 Å².